The first kappa shape index (κ1) is 20.2. The van der Waals surface area contributed by atoms with Gasteiger partial charge in [-0.3, -0.25) is 0 Å². The van der Waals surface area contributed by atoms with Crippen molar-refractivity contribution in [1.29, 1.82) is 0 Å². The van der Waals surface area contributed by atoms with Gasteiger partial charge in [-0.15, -0.1) is 0 Å². The van der Waals surface area contributed by atoms with Crippen LogP contribution in [0.25, 0.3) is 0 Å². The minimum atomic E-state index is -0.941. The van der Waals surface area contributed by atoms with Gasteiger partial charge in [-0.05, 0) is 87.9 Å². The molecule has 3 saturated carbocycles. The van der Waals surface area contributed by atoms with Crippen molar-refractivity contribution in [1.82, 2.24) is 0 Å². The second-order valence-corrected chi connectivity index (χ2v) is 9.79. The van der Waals surface area contributed by atoms with Gasteiger partial charge in [0.15, 0.2) is 0 Å². The minimum absolute atomic E-state index is 0.300. The van der Waals surface area contributed by atoms with Gasteiger partial charge >= 0.3 is 0 Å². The fourth-order valence-electron chi connectivity index (χ4n) is 5.59. The number of rotatable bonds is 1. The topological polar surface area (TPSA) is 0 Å². The highest BCUT2D eigenvalue weighted by molar-refractivity contribution is 5.10. The molecule has 4 atom stereocenters. The molecule has 3 fully saturated rings. The third-order valence-electron chi connectivity index (χ3n) is 7.51. The normalized spacial score (nSPS) is 45.1. The molecule has 26 heavy (non-hydrogen) atoms. The van der Waals surface area contributed by atoms with Crippen LogP contribution in [0.15, 0.2) is 0 Å². The van der Waals surface area contributed by atoms with E-state index in [1.54, 1.807) is 0 Å². The molecular weight excluding hydrogens is 326 g/mol. The van der Waals surface area contributed by atoms with E-state index in [9.17, 15) is 8.78 Å². The molecule has 0 N–H and O–H groups in total. The van der Waals surface area contributed by atoms with Gasteiger partial charge in [0.1, 0.15) is 12.3 Å². The van der Waals surface area contributed by atoms with Crippen LogP contribution in [0.5, 0.6) is 0 Å². The van der Waals surface area contributed by atoms with E-state index in [1.807, 2.05) is 6.92 Å². The molecule has 0 aromatic heterocycles. The summed E-state index contributed by atoms with van der Waals surface area (Å²) in [5.41, 5.74) is 0. The molecule has 3 aliphatic carbocycles. The van der Waals surface area contributed by atoms with Crippen molar-refractivity contribution >= 4 is 0 Å². The molecular formula is C24H38F2. The SMILES string of the molecule is CC1CCC(C2CCC(C#CC3CC(F)CC(C)CCC3F)CC2)CC1. The van der Waals surface area contributed by atoms with E-state index < -0.39 is 12.3 Å². The lowest BCUT2D eigenvalue weighted by molar-refractivity contribution is 0.146. The molecule has 148 valence electrons. The van der Waals surface area contributed by atoms with Crippen LogP contribution in [0.3, 0.4) is 0 Å². The highest BCUT2D eigenvalue weighted by atomic mass is 19.1. The Labute approximate surface area is 159 Å². The van der Waals surface area contributed by atoms with E-state index in [1.165, 1.54) is 51.4 Å². The van der Waals surface area contributed by atoms with Crippen LogP contribution < -0.4 is 0 Å². The summed E-state index contributed by atoms with van der Waals surface area (Å²) >= 11 is 0. The van der Waals surface area contributed by atoms with Crippen LogP contribution in [0, 0.1) is 47.3 Å². The van der Waals surface area contributed by atoms with Gasteiger partial charge in [0.25, 0.3) is 0 Å². The summed E-state index contributed by atoms with van der Waals surface area (Å²) < 4.78 is 28.6. The molecule has 0 aliphatic heterocycles. The Kier molecular flexibility index (Phi) is 7.42. The van der Waals surface area contributed by atoms with Gasteiger partial charge in [-0.25, -0.2) is 8.78 Å². The summed E-state index contributed by atoms with van der Waals surface area (Å²) in [6.45, 7) is 4.43. The average Bonchev–Trinajstić information content (AvgIpc) is 2.63. The van der Waals surface area contributed by atoms with E-state index in [2.05, 4.69) is 18.8 Å². The fourth-order valence-corrected chi connectivity index (χ4v) is 5.59. The van der Waals surface area contributed by atoms with Crippen molar-refractivity contribution < 1.29 is 8.78 Å². The molecule has 3 rings (SSSR count). The summed E-state index contributed by atoms with van der Waals surface area (Å²) in [6, 6.07) is 0. The van der Waals surface area contributed by atoms with Crippen LogP contribution in [0.1, 0.15) is 90.9 Å². The third-order valence-corrected chi connectivity index (χ3v) is 7.51. The first-order chi connectivity index (χ1) is 12.5. The number of alkyl halides is 2. The molecule has 0 aromatic carbocycles. The zero-order valence-electron chi connectivity index (χ0n) is 16.9. The van der Waals surface area contributed by atoms with Crippen LogP contribution in [0.2, 0.25) is 0 Å². The second-order valence-electron chi connectivity index (χ2n) is 9.79. The molecule has 0 bridgehead atoms. The quantitative estimate of drug-likeness (QED) is 0.434. The Morgan fingerprint density at radius 3 is 1.85 bits per heavy atom. The zero-order chi connectivity index (χ0) is 18.5. The Morgan fingerprint density at radius 1 is 0.615 bits per heavy atom. The summed E-state index contributed by atoms with van der Waals surface area (Å²) in [6.07, 6.45) is 11.0. The highest BCUT2D eigenvalue weighted by Crippen LogP contribution is 2.41. The van der Waals surface area contributed by atoms with E-state index in [0.717, 1.165) is 24.2 Å². The van der Waals surface area contributed by atoms with Gasteiger partial charge in [0.2, 0.25) is 0 Å². The van der Waals surface area contributed by atoms with E-state index >= 15 is 0 Å². The van der Waals surface area contributed by atoms with Crippen molar-refractivity contribution in [3.63, 3.8) is 0 Å². The standard InChI is InChI=1S/C24H38F2/c1-17-3-9-20(10-4-17)21-11-6-19(7-12-21)8-13-22-16-23(25)15-18(2)5-14-24(22)26/h17-24H,3-7,9-12,14-16H2,1-2H3. The van der Waals surface area contributed by atoms with Crippen molar-refractivity contribution in [3.8, 4) is 11.8 Å². The molecule has 0 heterocycles. The third kappa shape index (κ3) is 5.71. The molecule has 0 saturated heterocycles. The monoisotopic (exact) mass is 364 g/mol. The van der Waals surface area contributed by atoms with Crippen LogP contribution in [0.4, 0.5) is 8.78 Å². The lowest BCUT2D eigenvalue weighted by atomic mass is 9.69. The largest absolute Gasteiger partial charge is 0.247 e. The Bertz CT molecular complexity index is 474. The predicted octanol–water partition coefficient (Wildman–Crippen LogP) is 7.13. The van der Waals surface area contributed by atoms with E-state index in [4.69, 9.17) is 0 Å². The fraction of sp³-hybridized carbons (Fsp3) is 0.917. The first-order valence-electron chi connectivity index (χ1n) is 11.3. The molecule has 0 amide bonds. The molecule has 4 unspecified atom stereocenters. The Morgan fingerprint density at radius 2 is 1.19 bits per heavy atom. The smallest absolute Gasteiger partial charge is 0.114 e. The first-order valence-corrected chi connectivity index (χ1v) is 11.3. The number of hydrogen-bond donors (Lipinski definition) is 0. The Balaban J connectivity index is 1.48. The molecule has 0 nitrogen and oxygen atoms in total. The summed E-state index contributed by atoms with van der Waals surface area (Å²) in [4.78, 5) is 0. The van der Waals surface area contributed by atoms with E-state index in [-0.39, 0.29) is 5.92 Å². The van der Waals surface area contributed by atoms with Crippen molar-refractivity contribution in [2.75, 3.05) is 0 Å². The van der Waals surface area contributed by atoms with Crippen molar-refractivity contribution in [2.45, 2.75) is 103 Å². The van der Waals surface area contributed by atoms with Crippen LogP contribution in [-0.2, 0) is 0 Å². The summed E-state index contributed by atoms with van der Waals surface area (Å²) in [5.74, 6) is 9.67. The van der Waals surface area contributed by atoms with Crippen LogP contribution in [-0.4, -0.2) is 12.3 Å². The van der Waals surface area contributed by atoms with Gasteiger partial charge in [-0.1, -0.05) is 38.5 Å². The molecule has 3 aliphatic rings. The van der Waals surface area contributed by atoms with Gasteiger partial charge < -0.3 is 0 Å². The number of halogens is 2. The Hall–Kier alpha value is -0.580. The lowest BCUT2D eigenvalue weighted by Crippen LogP contribution is -2.26. The van der Waals surface area contributed by atoms with Gasteiger partial charge in [0, 0.05) is 5.92 Å². The molecule has 2 heteroatoms. The van der Waals surface area contributed by atoms with Crippen molar-refractivity contribution in [2.24, 2.45) is 35.5 Å². The zero-order valence-corrected chi connectivity index (χ0v) is 16.9. The number of hydrogen-bond acceptors (Lipinski definition) is 0. The van der Waals surface area contributed by atoms with Crippen molar-refractivity contribution in [3.05, 3.63) is 0 Å². The highest BCUT2D eigenvalue weighted by Gasteiger charge is 2.30. The second kappa shape index (κ2) is 9.57. The van der Waals surface area contributed by atoms with Gasteiger partial charge in [-0.2, -0.15) is 0 Å². The minimum Gasteiger partial charge on any atom is -0.247 e. The maximum Gasteiger partial charge on any atom is 0.114 e. The molecule has 0 aromatic rings. The average molecular weight is 365 g/mol. The van der Waals surface area contributed by atoms with Gasteiger partial charge in [0.05, 0.1) is 5.92 Å². The summed E-state index contributed by atoms with van der Waals surface area (Å²) in [7, 11) is 0. The maximum atomic E-state index is 14.5. The van der Waals surface area contributed by atoms with E-state index in [0.29, 0.717) is 31.1 Å². The predicted molar refractivity (Wildman–Crippen MR) is 105 cm³/mol. The maximum absolute atomic E-state index is 14.5. The lowest BCUT2D eigenvalue weighted by Gasteiger charge is -2.36. The van der Waals surface area contributed by atoms with Crippen LogP contribution >= 0.6 is 0 Å². The summed E-state index contributed by atoms with van der Waals surface area (Å²) in [5, 5.41) is 0. The molecule has 0 spiro atoms. The molecule has 0 radical (unpaired) electrons.